The monoisotopic (exact) mass is 502 g/mol. The maximum Gasteiger partial charge on any atom is 0.170 e. The summed E-state index contributed by atoms with van der Waals surface area (Å²) in [7, 11) is 0. The van der Waals surface area contributed by atoms with E-state index in [0.29, 0.717) is 40.2 Å². The average molecular weight is 503 g/mol. The minimum atomic E-state index is 0.0548. The van der Waals surface area contributed by atoms with E-state index in [0.717, 1.165) is 31.9 Å². The van der Waals surface area contributed by atoms with E-state index in [1.165, 1.54) is 18.4 Å². The zero-order chi connectivity index (χ0) is 24.7. The highest BCUT2D eigenvalue weighted by atomic mass is 35.5. The zero-order valence-electron chi connectivity index (χ0n) is 20.3. The Balaban J connectivity index is 1.14. The van der Waals surface area contributed by atoms with Crippen molar-refractivity contribution in [2.24, 2.45) is 10.9 Å². The van der Waals surface area contributed by atoms with Gasteiger partial charge in [0.15, 0.2) is 5.78 Å². The number of halogens is 1. The molecule has 0 spiro atoms. The number of ether oxygens (including phenoxy) is 1. The van der Waals surface area contributed by atoms with Gasteiger partial charge in [0, 0.05) is 29.9 Å². The van der Waals surface area contributed by atoms with Crippen molar-refractivity contribution in [3.05, 3.63) is 88.7 Å². The molecule has 3 aromatic rings. The van der Waals surface area contributed by atoms with Crippen molar-refractivity contribution in [1.82, 2.24) is 15.2 Å². The number of hydrogen-bond acceptors (Lipinski definition) is 6. The van der Waals surface area contributed by atoms with Crippen LogP contribution in [0, 0.1) is 5.92 Å². The van der Waals surface area contributed by atoms with Crippen LogP contribution in [0.3, 0.4) is 0 Å². The number of ketones is 1. The van der Waals surface area contributed by atoms with Crippen LogP contribution in [0.2, 0.25) is 5.02 Å². The number of carbonyl (C=O) groups excluding carboxylic acids is 1. The maximum absolute atomic E-state index is 12.8. The molecule has 1 fully saturated rings. The van der Waals surface area contributed by atoms with Gasteiger partial charge in [-0.1, -0.05) is 48.0 Å². The van der Waals surface area contributed by atoms with Crippen molar-refractivity contribution in [3.8, 4) is 5.75 Å². The van der Waals surface area contributed by atoms with E-state index >= 15 is 0 Å². The van der Waals surface area contributed by atoms with E-state index in [-0.39, 0.29) is 18.8 Å². The number of Topliss-reactive ketones (excluding diaryl/α,β-unsaturated/α-hetero) is 1. The Morgan fingerprint density at radius 2 is 1.89 bits per heavy atom. The van der Waals surface area contributed by atoms with Gasteiger partial charge in [-0.3, -0.25) is 19.7 Å². The van der Waals surface area contributed by atoms with Gasteiger partial charge in [-0.25, -0.2) is 0 Å². The molecule has 2 aliphatic rings. The number of benzene rings is 2. The molecule has 1 N–H and O–H groups in total. The number of aliphatic imine (C=N–C) groups is 1. The normalized spacial score (nSPS) is 16.5. The molecule has 6 nitrogen and oxygen atoms in total. The molecule has 186 valence electrons. The number of nitrogens with one attached hydrogen (secondary N) is 1. The van der Waals surface area contributed by atoms with Crippen LogP contribution in [0.4, 0.5) is 5.69 Å². The minimum absolute atomic E-state index is 0.0548. The van der Waals surface area contributed by atoms with Crippen LogP contribution in [-0.4, -0.2) is 47.6 Å². The van der Waals surface area contributed by atoms with E-state index in [4.69, 9.17) is 21.3 Å². The topological polar surface area (TPSA) is 66.8 Å². The lowest BCUT2D eigenvalue weighted by molar-refractivity contribution is 0.0998. The molecule has 2 aromatic carbocycles. The second-order valence-corrected chi connectivity index (χ2v) is 9.95. The molecule has 0 aliphatic carbocycles. The summed E-state index contributed by atoms with van der Waals surface area (Å²) >= 11 is 6.04. The summed E-state index contributed by atoms with van der Waals surface area (Å²) in [6, 6.07) is 19.7. The molecule has 0 bridgehead atoms. The van der Waals surface area contributed by atoms with Gasteiger partial charge in [0.25, 0.3) is 0 Å². The SMILES string of the molecule is O=C1CC(COc2cccc(Cl)c2)=Nc2c1ccnc2CNCC1CCN(Cc2ccccc2)CC1. The van der Waals surface area contributed by atoms with Crippen molar-refractivity contribution >= 4 is 28.8 Å². The van der Waals surface area contributed by atoms with Gasteiger partial charge in [-0.05, 0) is 68.2 Å². The molecule has 0 radical (unpaired) electrons. The molecule has 2 aliphatic heterocycles. The van der Waals surface area contributed by atoms with Gasteiger partial charge < -0.3 is 10.1 Å². The minimum Gasteiger partial charge on any atom is -0.488 e. The van der Waals surface area contributed by atoms with Crippen LogP contribution in [0.5, 0.6) is 5.75 Å². The van der Waals surface area contributed by atoms with Crippen molar-refractivity contribution in [2.45, 2.75) is 32.4 Å². The number of nitrogens with zero attached hydrogens (tertiary/aromatic N) is 3. The summed E-state index contributed by atoms with van der Waals surface area (Å²) in [4.78, 5) is 24.6. The summed E-state index contributed by atoms with van der Waals surface area (Å²) in [5.74, 6) is 1.36. The molecule has 3 heterocycles. The standard InChI is InChI=1S/C29H31ClN4O2/c30-23-7-4-8-25(15-23)36-20-24-16-28(35)26-9-12-32-27(29(26)33-24)18-31-17-21-10-13-34(14-11-21)19-22-5-2-1-3-6-22/h1-9,12,15,21,31H,10-11,13-14,16-20H2. The first-order valence-electron chi connectivity index (χ1n) is 12.6. The molecule has 5 rings (SSSR count). The van der Waals surface area contributed by atoms with E-state index in [9.17, 15) is 4.79 Å². The molecule has 0 amide bonds. The summed E-state index contributed by atoms with van der Waals surface area (Å²) in [6.45, 7) is 5.04. The lowest BCUT2D eigenvalue weighted by Gasteiger charge is -2.32. The summed E-state index contributed by atoms with van der Waals surface area (Å²) in [5, 5.41) is 4.18. The van der Waals surface area contributed by atoms with E-state index in [2.05, 4.69) is 45.5 Å². The van der Waals surface area contributed by atoms with Crippen LogP contribution in [0.25, 0.3) is 0 Å². The Morgan fingerprint density at radius 1 is 1.06 bits per heavy atom. The molecule has 0 unspecified atom stereocenters. The maximum atomic E-state index is 12.8. The largest absolute Gasteiger partial charge is 0.488 e. The van der Waals surface area contributed by atoms with Gasteiger partial charge in [0.1, 0.15) is 12.4 Å². The highest BCUT2D eigenvalue weighted by Crippen LogP contribution is 2.29. The predicted molar refractivity (Wildman–Crippen MR) is 143 cm³/mol. The fourth-order valence-electron chi connectivity index (χ4n) is 4.85. The fraction of sp³-hybridized carbons (Fsp3) is 0.345. The summed E-state index contributed by atoms with van der Waals surface area (Å²) in [5.41, 5.74) is 4.20. The number of likely N-dealkylation sites (tertiary alicyclic amines) is 1. The molecule has 36 heavy (non-hydrogen) atoms. The Labute approximate surface area is 217 Å². The van der Waals surface area contributed by atoms with Gasteiger partial charge in [0.05, 0.1) is 23.5 Å². The lowest BCUT2D eigenvalue weighted by Crippen LogP contribution is -2.36. The van der Waals surface area contributed by atoms with Crippen molar-refractivity contribution in [1.29, 1.82) is 0 Å². The first-order valence-corrected chi connectivity index (χ1v) is 12.9. The third kappa shape index (κ3) is 6.38. The number of fused-ring (bicyclic) bond motifs is 1. The lowest BCUT2D eigenvalue weighted by atomic mass is 9.96. The van der Waals surface area contributed by atoms with Crippen molar-refractivity contribution in [2.75, 3.05) is 26.2 Å². The molecule has 7 heteroatoms. The van der Waals surface area contributed by atoms with Crippen LogP contribution >= 0.6 is 11.6 Å². The van der Waals surface area contributed by atoms with Crippen molar-refractivity contribution in [3.63, 3.8) is 0 Å². The molecular formula is C29H31ClN4O2. The van der Waals surface area contributed by atoms with Gasteiger partial charge in [-0.15, -0.1) is 0 Å². The Morgan fingerprint density at radius 3 is 2.69 bits per heavy atom. The van der Waals surface area contributed by atoms with Crippen LogP contribution < -0.4 is 10.1 Å². The Hall–Kier alpha value is -3.06. The third-order valence-corrected chi connectivity index (χ3v) is 7.05. The van der Waals surface area contributed by atoms with Crippen LogP contribution in [0.15, 0.2) is 71.9 Å². The number of hydrogen-bond donors (Lipinski definition) is 1. The zero-order valence-corrected chi connectivity index (χ0v) is 21.1. The molecule has 0 atom stereocenters. The highest BCUT2D eigenvalue weighted by Gasteiger charge is 2.24. The second kappa shape index (κ2) is 11.8. The molecule has 1 aromatic heterocycles. The molecule has 0 saturated carbocycles. The van der Waals surface area contributed by atoms with Gasteiger partial charge in [-0.2, -0.15) is 0 Å². The van der Waals surface area contributed by atoms with E-state index < -0.39 is 0 Å². The fourth-order valence-corrected chi connectivity index (χ4v) is 5.03. The number of carbonyl (C=O) groups is 1. The number of rotatable bonds is 9. The number of aromatic nitrogens is 1. The Kier molecular flexibility index (Phi) is 8.06. The summed E-state index contributed by atoms with van der Waals surface area (Å²) in [6.07, 6.45) is 4.33. The number of pyridine rings is 1. The highest BCUT2D eigenvalue weighted by molar-refractivity contribution is 6.30. The molecule has 1 saturated heterocycles. The predicted octanol–water partition coefficient (Wildman–Crippen LogP) is 5.47. The number of piperidine rings is 1. The molecular weight excluding hydrogens is 472 g/mol. The van der Waals surface area contributed by atoms with E-state index in [1.807, 2.05) is 12.1 Å². The Bertz CT molecular complexity index is 1220. The van der Waals surface area contributed by atoms with E-state index in [1.54, 1.807) is 24.4 Å². The first-order chi connectivity index (χ1) is 17.6. The van der Waals surface area contributed by atoms with Crippen LogP contribution in [-0.2, 0) is 13.1 Å². The van der Waals surface area contributed by atoms with Gasteiger partial charge >= 0.3 is 0 Å². The third-order valence-electron chi connectivity index (χ3n) is 6.82. The summed E-state index contributed by atoms with van der Waals surface area (Å²) < 4.78 is 5.83. The van der Waals surface area contributed by atoms with Gasteiger partial charge in [0.2, 0.25) is 0 Å². The smallest absolute Gasteiger partial charge is 0.170 e. The average Bonchev–Trinajstić information content (AvgIpc) is 2.89. The van der Waals surface area contributed by atoms with Crippen molar-refractivity contribution < 1.29 is 9.53 Å². The first kappa shape index (κ1) is 24.6. The quantitative estimate of drug-likeness (QED) is 0.420. The van der Waals surface area contributed by atoms with Crippen LogP contribution in [0.1, 0.15) is 40.9 Å². The second-order valence-electron chi connectivity index (χ2n) is 9.51.